The molecule has 0 amide bonds. The van der Waals surface area contributed by atoms with Gasteiger partial charge in [0.15, 0.2) is 0 Å². The van der Waals surface area contributed by atoms with Crippen LogP contribution in [0.3, 0.4) is 0 Å². The lowest BCUT2D eigenvalue weighted by molar-refractivity contribution is 0.249. The fourth-order valence-corrected chi connectivity index (χ4v) is 9.78. The standard InChI is InChI=1S/C49H38N2O4S2/c1-30-22-36(48(52)44(24-30)50-40-16-7-3-12-32(40)33-13-4-8-17-41(33)50)38-26-56-28-46(38)54-20-11-21-55-47-29-57-27-39(47)37-23-31(2)25-45(49(37)53)51-42-18-9-5-14-34(42)35-15-6-10-19-43(35)51/h3-10,12-19,22-29,52-53H,11,20-21H2,1-2H3. The van der Waals surface area contributed by atoms with E-state index in [0.717, 1.165) is 99.9 Å². The molecule has 0 atom stereocenters. The zero-order valence-corrected chi connectivity index (χ0v) is 33.0. The van der Waals surface area contributed by atoms with Gasteiger partial charge >= 0.3 is 0 Å². The molecule has 0 saturated carbocycles. The summed E-state index contributed by atoms with van der Waals surface area (Å²) in [6.07, 6.45) is 0.642. The van der Waals surface area contributed by atoms with E-state index in [0.29, 0.717) is 19.6 Å². The van der Waals surface area contributed by atoms with Crippen LogP contribution in [-0.2, 0) is 0 Å². The second kappa shape index (κ2) is 14.2. The van der Waals surface area contributed by atoms with Crippen molar-refractivity contribution in [2.45, 2.75) is 20.3 Å². The van der Waals surface area contributed by atoms with Crippen LogP contribution in [0.15, 0.2) is 143 Å². The van der Waals surface area contributed by atoms with E-state index in [4.69, 9.17) is 9.47 Å². The van der Waals surface area contributed by atoms with Crippen molar-refractivity contribution in [2.75, 3.05) is 13.2 Å². The summed E-state index contributed by atoms with van der Waals surface area (Å²) in [6, 6.07) is 41.4. The molecule has 10 aromatic rings. The summed E-state index contributed by atoms with van der Waals surface area (Å²) < 4.78 is 17.0. The first kappa shape index (κ1) is 35.0. The Balaban J connectivity index is 0.881. The number of aryl methyl sites for hydroxylation is 2. The molecule has 10 rings (SSSR count). The third-order valence-corrected chi connectivity index (χ3v) is 12.2. The summed E-state index contributed by atoms with van der Waals surface area (Å²) in [4.78, 5) is 0. The number of hydrogen-bond acceptors (Lipinski definition) is 6. The van der Waals surface area contributed by atoms with Crippen LogP contribution in [0.2, 0.25) is 0 Å². The summed E-state index contributed by atoms with van der Waals surface area (Å²) >= 11 is 3.10. The Morgan fingerprint density at radius 2 is 0.807 bits per heavy atom. The van der Waals surface area contributed by atoms with Crippen LogP contribution in [0, 0.1) is 13.8 Å². The molecule has 0 bridgehead atoms. The molecule has 0 aliphatic rings. The van der Waals surface area contributed by atoms with Gasteiger partial charge in [0.05, 0.1) is 46.7 Å². The highest BCUT2D eigenvalue weighted by molar-refractivity contribution is 7.08. The molecule has 0 spiro atoms. The fourth-order valence-electron chi connectivity index (χ4n) is 8.25. The average molecular weight is 783 g/mol. The number of phenolic OH excluding ortho intramolecular Hbond substituents is 2. The molecule has 0 fully saturated rings. The van der Waals surface area contributed by atoms with E-state index in [2.05, 4.69) is 95.8 Å². The lowest BCUT2D eigenvalue weighted by Crippen LogP contribution is -2.05. The first-order chi connectivity index (χ1) is 28.0. The Labute approximate surface area is 337 Å². The van der Waals surface area contributed by atoms with Crippen molar-refractivity contribution < 1.29 is 19.7 Å². The van der Waals surface area contributed by atoms with Gasteiger partial charge in [-0.15, -0.1) is 22.7 Å². The maximum Gasteiger partial charge on any atom is 0.147 e. The molecule has 0 aliphatic carbocycles. The first-order valence-electron chi connectivity index (χ1n) is 19.0. The van der Waals surface area contributed by atoms with E-state index in [9.17, 15) is 10.2 Å². The molecule has 6 nitrogen and oxygen atoms in total. The number of phenols is 2. The van der Waals surface area contributed by atoms with Crippen molar-refractivity contribution in [3.8, 4) is 56.6 Å². The summed E-state index contributed by atoms with van der Waals surface area (Å²) in [5.41, 5.74) is 10.9. The van der Waals surface area contributed by atoms with Crippen molar-refractivity contribution in [1.29, 1.82) is 0 Å². The fraction of sp³-hybridized carbons (Fsp3) is 0.102. The Kier molecular flexibility index (Phi) is 8.73. The van der Waals surface area contributed by atoms with Crippen LogP contribution in [0.25, 0.3) is 77.2 Å². The van der Waals surface area contributed by atoms with Gasteiger partial charge in [-0.1, -0.05) is 72.8 Å². The number of benzene rings is 6. The van der Waals surface area contributed by atoms with Crippen molar-refractivity contribution >= 4 is 66.3 Å². The maximum absolute atomic E-state index is 11.9. The number of aromatic hydroxyl groups is 2. The third-order valence-electron chi connectivity index (χ3n) is 10.7. The van der Waals surface area contributed by atoms with Gasteiger partial charge in [-0.05, 0) is 73.5 Å². The van der Waals surface area contributed by atoms with E-state index < -0.39 is 0 Å². The van der Waals surface area contributed by atoms with E-state index in [1.54, 1.807) is 22.7 Å². The Bertz CT molecular complexity index is 2810. The normalized spacial score (nSPS) is 11.7. The smallest absolute Gasteiger partial charge is 0.147 e. The van der Waals surface area contributed by atoms with Gasteiger partial charge in [0.25, 0.3) is 0 Å². The van der Waals surface area contributed by atoms with Gasteiger partial charge in [-0.25, -0.2) is 0 Å². The van der Waals surface area contributed by atoms with Crippen molar-refractivity contribution in [3.05, 3.63) is 154 Å². The third kappa shape index (κ3) is 5.91. The summed E-state index contributed by atoms with van der Waals surface area (Å²) in [6.45, 7) is 4.99. The molecule has 0 unspecified atom stereocenters. The van der Waals surface area contributed by atoms with Crippen LogP contribution in [0.5, 0.6) is 23.0 Å². The Morgan fingerprint density at radius 1 is 0.456 bits per heavy atom. The topological polar surface area (TPSA) is 68.8 Å². The van der Waals surface area contributed by atoms with Gasteiger partial charge in [0.1, 0.15) is 23.0 Å². The average Bonchev–Trinajstić information content (AvgIpc) is 4.03. The van der Waals surface area contributed by atoms with E-state index in [1.165, 1.54) is 0 Å². The quantitative estimate of drug-likeness (QED) is 0.136. The van der Waals surface area contributed by atoms with Gasteiger partial charge < -0.3 is 28.8 Å². The number of para-hydroxylation sites is 4. The number of hydrogen-bond donors (Lipinski definition) is 2. The second-order valence-electron chi connectivity index (χ2n) is 14.4. The summed E-state index contributed by atoms with van der Waals surface area (Å²) in [5.74, 6) is 1.88. The largest absolute Gasteiger partial charge is 0.505 e. The SMILES string of the molecule is Cc1cc(-c2cscc2OCCCOc2cscc2-c2cc(C)cc(-n3c4ccccc4c4ccccc43)c2O)c(O)c(-n2c3ccccc3c3ccccc32)c1. The molecule has 6 aromatic carbocycles. The predicted molar refractivity (Wildman–Crippen MR) is 237 cm³/mol. The number of fused-ring (bicyclic) bond motifs is 6. The number of aromatic nitrogens is 2. The van der Waals surface area contributed by atoms with Gasteiger partial charge in [-0.2, -0.15) is 0 Å². The molecular formula is C49H38N2O4S2. The van der Waals surface area contributed by atoms with Crippen molar-refractivity contribution in [1.82, 2.24) is 9.13 Å². The molecule has 2 N–H and O–H groups in total. The number of nitrogens with zero attached hydrogens (tertiary/aromatic N) is 2. The van der Waals surface area contributed by atoms with E-state index in [-0.39, 0.29) is 11.5 Å². The van der Waals surface area contributed by atoms with Crippen LogP contribution in [-0.4, -0.2) is 32.6 Å². The second-order valence-corrected chi connectivity index (χ2v) is 15.9. The first-order valence-corrected chi connectivity index (χ1v) is 20.9. The zero-order valence-electron chi connectivity index (χ0n) is 31.4. The highest BCUT2D eigenvalue weighted by Crippen LogP contribution is 2.46. The van der Waals surface area contributed by atoms with Crippen molar-refractivity contribution in [2.24, 2.45) is 0 Å². The predicted octanol–water partition coefficient (Wildman–Crippen LogP) is 13.2. The Morgan fingerprint density at radius 3 is 1.18 bits per heavy atom. The highest BCUT2D eigenvalue weighted by Gasteiger charge is 2.22. The van der Waals surface area contributed by atoms with E-state index in [1.807, 2.05) is 70.1 Å². The zero-order chi connectivity index (χ0) is 38.6. The molecule has 57 heavy (non-hydrogen) atoms. The minimum absolute atomic E-state index is 0.212. The number of thiophene rings is 2. The van der Waals surface area contributed by atoms with Crippen LogP contribution < -0.4 is 9.47 Å². The highest BCUT2D eigenvalue weighted by atomic mass is 32.1. The molecule has 280 valence electrons. The van der Waals surface area contributed by atoms with Gasteiger partial charge in [-0.3, -0.25) is 0 Å². The lowest BCUT2D eigenvalue weighted by atomic mass is 10.0. The molecule has 0 radical (unpaired) electrons. The lowest BCUT2D eigenvalue weighted by Gasteiger charge is -2.16. The summed E-state index contributed by atoms with van der Waals surface area (Å²) in [7, 11) is 0. The van der Waals surface area contributed by atoms with Gasteiger partial charge in [0.2, 0.25) is 0 Å². The monoisotopic (exact) mass is 782 g/mol. The molecule has 8 heteroatoms. The van der Waals surface area contributed by atoms with Crippen LogP contribution >= 0.6 is 22.7 Å². The number of ether oxygens (including phenoxy) is 2. The minimum atomic E-state index is 0.212. The van der Waals surface area contributed by atoms with E-state index >= 15 is 0 Å². The minimum Gasteiger partial charge on any atom is -0.505 e. The molecular weight excluding hydrogens is 745 g/mol. The molecule has 4 heterocycles. The van der Waals surface area contributed by atoms with Crippen LogP contribution in [0.4, 0.5) is 0 Å². The number of rotatable bonds is 10. The Hall–Kier alpha value is -6.48. The van der Waals surface area contributed by atoms with Crippen molar-refractivity contribution in [3.63, 3.8) is 0 Å². The molecule has 4 aromatic heterocycles. The molecule has 0 saturated heterocycles. The molecule has 0 aliphatic heterocycles. The van der Waals surface area contributed by atoms with Gasteiger partial charge in [0, 0.05) is 71.7 Å². The maximum atomic E-state index is 11.9. The summed E-state index contributed by atoms with van der Waals surface area (Å²) in [5, 5.41) is 36.5. The van der Waals surface area contributed by atoms with Crippen LogP contribution in [0.1, 0.15) is 17.5 Å².